The first-order valence-corrected chi connectivity index (χ1v) is 15.1. The van der Waals surface area contributed by atoms with Crippen molar-refractivity contribution in [2.45, 2.75) is 19.9 Å². The number of hydrogen-bond acceptors (Lipinski definition) is 9. The topological polar surface area (TPSA) is 136 Å². The van der Waals surface area contributed by atoms with Crippen LogP contribution in [0.1, 0.15) is 28.4 Å². The van der Waals surface area contributed by atoms with E-state index < -0.39 is 5.91 Å². The van der Waals surface area contributed by atoms with E-state index in [4.69, 9.17) is 15.5 Å². The molecule has 2 fully saturated rings. The van der Waals surface area contributed by atoms with Gasteiger partial charge in [-0.2, -0.15) is 0 Å². The first kappa shape index (κ1) is 29.1. The summed E-state index contributed by atoms with van der Waals surface area (Å²) >= 11 is 0. The van der Waals surface area contributed by atoms with Crippen molar-refractivity contribution >= 4 is 34.1 Å². The lowest BCUT2D eigenvalue weighted by Crippen LogP contribution is -2.46. The Kier molecular flexibility index (Phi) is 8.85. The number of nitrogens with two attached hydrogens (primary N) is 1. The van der Waals surface area contributed by atoms with Gasteiger partial charge in [-0.3, -0.25) is 14.6 Å². The molecule has 0 saturated carbocycles. The Morgan fingerprint density at radius 1 is 1.05 bits per heavy atom. The van der Waals surface area contributed by atoms with E-state index in [1.165, 1.54) is 17.3 Å². The molecule has 4 aromatic rings. The second-order valence-corrected chi connectivity index (χ2v) is 11.1. The smallest absolute Gasteiger partial charge is 0.252 e. The zero-order valence-corrected chi connectivity index (χ0v) is 24.7. The summed E-state index contributed by atoms with van der Waals surface area (Å²) in [6, 6.07) is 14.6. The van der Waals surface area contributed by atoms with Crippen LogP contribution in [0, 0.1) is 0 Å². The molecule has 226 valence electrons. The summed E-state index contributed by atoms with van der Waals surface area (Å²) in [7, 11) is 0. The van der Waals surface area contributed by atoms with Crippen molar-refractivity contribution in [3.63, 3.8) is 0 Å². The lowest BCUT2D eigenvalue weighted by Gasteiger charge is -2.34. The summed E-state index contributed by atoms with van der Waals surface area (Å²) < 4.78 is 5.48. The van der Waals surface area contributed by atoms with Crippen LogP contribution >= 0.6 is 0 Å². The number of rotatable bonds is 10. The number of aliphatic hydroxyl groups excluding tert-OH is 1. The van der Waals surface area contributed by atoms with E-state index in [0.717, 1.165) is 88.9 Å². The number of β-amino-alcohol motifs (C(OH)–C–C–N with tert-alkyl or cyclic N) is 1. The quantitative estimate of drug-likeness (QED) is 0.222. The van der Waals surface area contributed by atoms with Gasteiger partial charge in [-0.05, 0) is 47.9 Å². The van der Waals surface area contributed by atoms with Gasteiger partial charge in [-0.25, -0.2) is 9.97 Å². The highest BCUT2D eigenvalue weighted by molar-refractivity contribution is 6.06. The van der Waals surface area contributed by atoms with Crippen LogP contribution in [0.2, 0.25) is 0 Å². The van der Waals surface area contributed by atoms with Crippen molar-refractivity contribution in [3.8, 4) is 11.4 Å². The third kappa shape index (κ3) is 6.35. The zero-order chi connectivity index (χ0) is 29.8. The molecule has 0 aliphatic carbocycles. The van der Waals surface area contributed by atoms with Crippen LogP contribution < -0.4 is 16.0 Å². The fraction of sp³-hybridized carbons (Fsp3) is 0.406. The fourth-order valence-corrected chi connectivity index (χ4v) is 6.07. The molecule has 4 heterocycles. The SMILES string of the molecule is CCc1c(CN2CCN(CCO)CC2)cccc1Nc1c(C(N)=O)cnc2nc(-c3ccc(N4CCOCC4)cc3)[nH]c12. The number of carbonyl (C=O) groups excluding carboxylic acids is 1. The van der Waals surface area contributed by atoms with Gasteiger partial charge < -0.3 is 30.8 Å². The first-order valence-electron chi connectivity index (χ1n) is 15.1. The number of benzene rings is 2. The number of anilines is 3. The number of aliphatic hydroxyl groups is 1. The third-order valence-corrected chi connectivity index (χ3v) is 8.46. The normalized spacial score (nSPS) is 16.6. The van der Waals surface area contributed by atoms with Crippen LogP contribution in [0.3, 0.4) is 0 Å². The van der Waals surface area contributed by atoms with Gasteiger partial charge in [0.15, 0.2) is 5.65 Å². The minimum Gasteiger partial charge on any atom is -0.395 e. The lowest BCUT2D eigenvalue weighted by atomic mass is 10.0. The summed E-state index contributed by atoms with van der Waals surface area (Å²) in [5.74, 6) is 0.114. The van der Waals surface area contributed by atoms with Gasteiger partial charge in [0.1, 0.15) is 11.3 Å². The largest absolute Gasteiger partial charge is 0.395 e. The molecule has 2 saturated heterocycles. The molecule has 2 aliphatic rings. The number of carbonyl (C=O) groups is 1. The van der Waals surface area contributed by atoms with Crippen LogP contribution in [0.15, 0.2) is 48.7 Å². The molecule has 11 heteroatoms. The second kappa shape index (κ2) is 13.1. The molecule has 2 aromatic heterocycles. The standard InChI is InChI=1S/C32H40N8O3/c1-2-25-23(21-39-12-10-38(11-13-39)14-17-41)4-3-5-27(25)35-28-26(30(33)42)20-34-32-29(28)36-31(37-32)22-6-8-24(9-7-22)40-15-18-43-19-16-40/h3-9,20,41H,2,10-19,21H2,1H3,(H2,33,42)(H2,34,35,36,37). The number of H-pyrrole nitrogens is 1. The van der Waals surface area contributed by atoms with Crippen molar-refractivity contribution in [3.05, 3.63) is 65.4 Å². The minimum atomic E-state index is -0.558. The Morgan fingerprint density at radius 2 is 1.79 bits per heavy atom. The van der Waals surface area contributed by atoms with E-state index in [1.807, 2.05) is 18.2 Å². The predicted molar refractivity (Wildman–Crippen MR) is 169 cm³/mol. The summed E-state index contributed by atoms with van der Waals surface area (Å²) in [6.07, 6.45) is 2.33. The molecule has 0 bridgehead atoms. The Labute approximate surface area is 251 Å². The predicted octanol–water partition coefficient (Wildman–Crippen LogP) is 2.98. The van der Waals surface area contributed by atoms with Gasteiger partial charge in [-0.1, -0.05) is 19.1 Å². The Balaban J connectivity index is 1.28. The number of primary amides is 1. The molecule has 0 spiro atoms. The van der Waals surface area contributed by atoms with Crippen molar-refractivity contribution in [2.75, 3.05) is 75.9 Å². The molecule has 43 heavy (non-hydrogen) atoms. The minimum absolute atomic E-state index is 0.197. The Hall–Kier alpha value is -4.03. The third-order valence-electron chi connectivity index (χ3n) is 8.46. The number of imidazole rings is 1. The Morgan fingerprint density at radius 3 is 2.49 bits per heavy atom. The summed E-state index contributed by atoms with van der Waals surface area (Å²) in [4.78, 5) is 32.3. The number of hydrogen-bond donors (Lipinski definition) is 4. The monoisotopic (exact) mass is 584 g/mol. The zero-order valence-electron chi connectivity index (χ0n) is 24.7. The van der Waals surface area contributed by atoms with Crippen LogP contribution in [0.5, 0.6) is 0 Å². The summed E-state index contributed by atoms with van der Waals surface area (Å²) in [5.41, 5.74) is 13.3. The fourth-order valence-electron chi connectivity index (χ4n) is 6.07. The van der Waals surface area contributed by atoms with Gasteiger partial charge in [0.25, 0.3) is 5.91 Å². The molecule has 0 radical (unpaired) electrons. The van der Waals surface area contributed by atoms with Gasteiger partial charge in [0, 0.05) is 75.5 Å². The van der Waals surface area contributed by atoms with Crippen molar-refractivity contribution in [2.24, 2.45) is 5.73 Å². The highest BCUT2D eigenvalue weighted by Gasteiger charge is 2.21. The molecule has 0 atom stereocenters. The number of ether oxygens (including phenoxy) is 1. The highest BCUT2D eigenvalue weighted by atomic mass is 16.5. The van der Waals surface area contributed by atoms with Crippen LogP contribution in [-0.4, -0.2) is 101 Å². The second-order valence-electron chi connectivity index (χ2n) is 11.1. The lowest BCUT2D eigenvalue weighted by molar-refractivity contribution is 0.100. The Bertz CT molecular complexity index is 1560. The maximum atomic E-state index is 12.5. The number of morpholine rings is 1. The molecule has 5 N–H and O–H groups in total. The average Bonchev–Trinajstić information content (AvgIpc) is 3.48. The van der Waals surface area contributed by atoms with Crippen LogP contribution in [0.4, 0.5) is 17.1 Å². The molecule has 2 aromatic carbocycles. The number of aromatic nitrogens is 3. The van der Waals surface area contributed by atoms with Crippen LogP contribution in [-0.2, 0) is 17.7 Å². The molecular formula is C32H40N8O3. The molecule has 2 aliphatic heterocycles. The van der Waals surface area contributed by atoms with Crippen molar-refractivity contribution in [1.29, 1.82) is 0 Å². The average molecular weight is 585 g/mol. The van der Waals surface area contributed by atoms with Gasteiger partial charge >= 0.3 is 0 Å². The number of amides is 1. The molecular weight excluding hydrogens is 544 g/mol. The van der Waals surface area contributed by atoms with E-state index in [9.17, 15) is 9.90 Å². The highest BCUT2D eigenvalue weighted by Crippen LogP contribution is 2.33. The summed E-state index contributed by atoms with van der Waals surface area (Å²) in [5, 5.41) is 12.8. The maximum absolute atomic E-state index is 12.5. The van der Waals surface area contributed by atoms with E-state index in [2.05, 4.69) is 61.2 Å². The number of nitrogens with one attached hydrogen (secondary N) is 2. The van der Waals surface area contributed by atoms with Crippen molar-refractivity contribution < 1.29 is 14.6 Å². The van der Waals surface area contributed by atoms with Crippen molar-refractivity contribution in [1.82, 2.24) is 24.8 Å². The molecule has 6 rings (SSSR count). The number of nitrogens with zero attached hydrogens (tertiary/aromatic N) is 5. The van der Waals surface area contributed by atoms with Gasteiger partial charge in [0.2, 0.25) is 0 Å². The molecule has 1 amide bonds. The van der Waals surface area contributed by atoms with E-state index >= 15 is 0 Å². The number of pyridine rings is 1. The summed E-state index contributed by atoms with van der Waals surface area (Å²) in [6.45, 7) is 11.0. The van der Waals surface area contributed by atoms with Gasteiger partial charge in [-0.15, -0.1) is 0 Å². The maximum Gasteiger partial charge on any atom is 0.252 e. The van der Waals surface area contributed by atoms with Crippen LogP contribution in [0.25, 0.3) is 22.6 Å². The van der Waals surface area contributed by atoms with Gasteiger partial charge in [0.05, 0.1) is 31.1 Å². The number of fused-ring (bicyclic) bond motifs is 1. The molecule has 0 unspecified atom stereocenters. The van der Waals surface area contributed by atoms with E-state index in [1.54, 1.807) is 0 Å². The van der Waals surface area contributed by atoms with E-state index in [-0.39, 0.29) is 6.61 Å². The number of aromatic amines is 1. The molecule has 11 nitrogen and oxygen atoms in total. The number of piperazine rings is 1. The van der Waals surface area contributed by atoms with E-state index in [0.29, 0.717) is 28.2 Å². The first-order chi connectivity index (χ1) is 21.0.